The van der Waals surface area contributed by atoms with Crippen molar-refractivity contribution in [3.05, 3.63) is 117 Å². The van der Waals surface area contributed by atoms with Crippen LogP contribution in [-0.2, 0) is 52.1 Å². The van der Waals surface area contributed by atoms with Crippen molar-refractivity contribution in [2.45, 2.75) is 179 Å². The number of benzene rings is 6. The molecule has 0 radical (unpaired) electrons. The number of carbonyl (C=O) groups excluding carboxylic acids is 2. The lowest BCUT2D eigenvalue weighted by molar-refractivity contribution is -0.142. The van der Waals surface area contributed by atoms with Crippen molar-refractivity contribution in [1.29, 1.82) is 0 Å². The van der Waals surface area contributed by atoms with Crippen LogP contribution in [0.25, 0.3) is 32.7 Å². The molecule has 0 saturated carbocycles. The molecule has 0 aliphatic carbocycles. The number of aliphatic imine (C=N–C) groups is 2. The van der Waals surface area contributed by atoms with E-state index in [1.807, 2.05) is 114 Å². The summed E-state index contributed by atoms with van der Waals surface area (Å²) in [5, 5.41) is 28.8. The lowest BCUT2D eigenvalue weighted by Gasteiger charge is -2.35. The molecule has 10 N–H and O–H groups in total. The molecule has 6 aromatic carbocycles. The van der Waals surface area contributed by atoms with Gasteiger partial charge in [-0.25, -0.2) is 35.9 Å². The number of rotatable bonds is 27. The molecule has 0 unspecified atom stereocenters. The number of carboxylic acid groups (broad SMARTS) is 2. The van der Waals surface area contributed by atoms with Crippen LogP contribution < -0.4 is 50.5 Å². The molecule has 494 valence electrons. The Morgan fingerprint density at radius 3 is 1.28 bits per heavy atom. The van der Waals surface area contributed by atoms with E-state index >= 15 is 0 Å². The summed E-state index contributed by atoms with van der Waals surface area (Å²) in [4.78, 5) is 59.7. The number of amides is 2. The van der Waals surface area contributed by atoms with Gasteiger partial charge in [-0.05, 0) is 212 Å². The third-order valence-electron chi connectivity index (χ3n) is 17.1. The number of ether oxygens (including phenoxy) is 4. The Labute approximate surface area is 538 Å². The Balaban J connectivity index is 0.836. The maximum absolute atomic E-state index is 13.7. The largest absolute Gasteiger partial charge is 0.493 e. The standard InChI is InChI=1S/C68H86N8O14S2/c1-39-41(3)61(43(5)47-31-33-67(7,8)89-59(39)47)91(83,84)75-65(69)71-35-15-23-51(63(79)80)73-55(77)25-17-37-87-53-29-27-45-19-11-13-21-49(45)57(53)58-50-22-14-12-20-46(50)28-30-54(58)88-38-18-26-56(78)74-52(64(81)82)24-16-36-72-66(70)76-92(85,86)62-42(4)40(2)60-48(44(62)6)32-34-68(9,10)90-60/h11-14,19-22,27-30,51-52H,15-18,23-26,31-38H2,1-10H3,(H,73,77)(H,74,78)(H,79,80)(H,81,82)(H3,69,71,75)(H3,70,72,76)/t51-,52-/m1/s1. The molecule has 0 saturated heterocycles. The van der Waals surface area contributed by atoms with Crippen molar-refractivity contribution in [3.63, 3.8) is 0 Å². The number of guanidine groups is 2. The van der Waals surface area contributed by atoms with E-state index in [0.717, 1.165) is 67.8 Å². The first-order chi connectivity index (χ1) is 43.4. The van der Waals surface area contributed by atoms with Gasteiger partial charge >= 0.3 is 11.9 Å². The van der Waals surface area contributed by atoms with Crippen LogP contribution in [0.3, 0.4) is 0 Å². The van der Waals surface area contributed by atoms with Crippen molar-refractivity contribution >= 4 is 77.3 Å². The van der Waals surface area contributed by atoms with Crippen molar-refractivity contribution < 1.29 is 65.2 Å². The summed E-state index contributed by atoms with van der Waals surface area (Å²) in [5.41, 5.74) is 18.2. The summed E-state index contributed by atoms with van der Waals surface area (Å²) in [5.74, 6) is -1.81. The number of carbonyl (C=O) groups is 4. The third-order valence-corrected chi connectivity index (χ3v) is 20.4. The number of nitrogens with zero attached hydrogens (tertiary/aromatic N) is 2. The summed E-state index contributed by atoms with van der Waals surface area (Å²) in [6.45, 7) is 18.8. The summed E-state index contributed by atoms with van der Waals surface area (Å²) >= 11 is 0. The van der Waals surface area contributed by atoms with Crippen LogP contribution in [0.2, 0.25) is 0 Å². The minimum atomic E-state index is -4.15. The highest BCUT2D eigenvalue weighted by Crippen LogP contribution is 2.47. The van der Waals surface area contributed by atoms with Crippen LogP contribution in [-0.4, -0.2) is 112 Å². The van der Waals surface area contributed by atoms with Gasteiger partial charge in [-0.1, -0.05) is 60.7 Å². The zero-order valence-electron chi connectivity index (χ0n) is 54.1. The molecule has 2 aliphatic heterocycles. The lowest BCUT2D eigenvalue weighted by atomic mass is 9.88. The second kappa shape index (κ2) is 28.9. The minimum Gasteiger partial charge on any atom is -0.493 e. The van der Waals surface area contributed by atoms with Gasteiger partial charge in [0.25, 0.3) is 20.0 Å². The van der Waals surface area contributed by atoms with Gasteiger partial charge in [0.1, 0.15) is 46.3 Å². The van der Waals surface area contributed by atoms with Crippen molar-refractivity contribution in [2.75, 3.05) is 26.3 Å². The zero-order chi connectivity index (χ0) is 67.0. The first-order valence-electron chi connectivity index (χ1n) is 31.0. The number of nitrogens with two attached hydrogens (primary N) is 2. The van der Waals surface area contributed by atoms with Gasteiger partial charge in [0.2, 0.25) is 23.7 Å². The highest BCUT2D eigenvalue weighted by molar-refractivity contribution is 7.90. The quantitative estimate of drug-likeness (QED) is 0.0135. The van der Waals surface area contributed by atoms with Gasteiger partial charge in [-0.2, -0.15) is 0 Å². The topological polar surface area (TPSA) is 339 Å². The van der Waals surface area contributed by atoms with E-state index in [1.54, 1.807) is 27.7 Å². The number of fused-ring (bicyclic) bond motifs is 4. The van der Waals surface area contributed by atoms with E-state index in [0.29, 0.717) is 58.1 Å². The molecule has 2 heterocycles. The predicted octanol–water partition coefficient (Wildman–Crippen LogP) is 9.32. The van der Waals surface area contributed by atoms with Crippen molar-refractivity contribution in [2.24, 2.45) is 21.5 Å². The van der Waals surface area contributed by atoms with Gasteiger partial charge in [0, 0.05) is 37.1 Å². The maximum atomic E-state index is 13.7. The molecule has 0 fully saturated rings. The van der Waals surface area contributed by atoms with Gasteiger partial charge in [0.15, 0.2) is 0 Å². The molecule has 2 amide bonds. The summed E-state index contributed by atoms with van der Waals surface area (Å²) < 4.78 is 85.0. The Bertz CT molecular complexity index is 3860. The monoisotopic (exact) mass is 1300 g/mol. The fraction of sp³-hybridized carbons (Fsp3) is 0.441. The van der Waals surface area contributed by atoms with Crippen molar-refractivity contribution in [3.8, 4) is 34.1 Å². The number of hydrogen-bond donors (Lipinski definition) is 8. The molecule has 0 aromatic heterocycles. The highest BCUT2D eigenvalue weighted by atomic mass is 32.2. The summed E-state index contributed by atoms with van der Waals surface area (Å²) in [6, 6.07) is 20.6. The van der Waals surface area contributed by atoms with E-state index in [9.17, 15) is 46.2 Å². The molecule has 2 aliphatic rings. The molecule has 0 spiro atoms. The fourth-order valence-corrected chi connectivity index (χ4v) is 15.1. The first kappa shape index (κ1) is 69.3. The van der Waals surface area contributed by atoms with Gasteiger partial charge < -0.3 is 51.3 Å². The SMILES string of the molecule is Cc1c(C)c(S(=O)(=O)NC(N)=NCCC[C@@H](NC(=O)CCCOc2ccc3ccccc3c2-c2c(OCCCC(=O)N[C@H](CCCN=C(N)NS(=O)(=O)c3c(C)c(C)c4c(c3C)CCC(C)(C)O4)C(=O)O)ccc3ccccc23)C(=O)O)c(C)c2c1OC(C)(C)CC2. The number of sulfonamides is 2. The highest BCUT2D eigenvalue weighted by Gasteiger charge is 2.36. The lowest BCUT2D eigenvalue weighted by Crippen LogP contribution is -2.41. The molecule has 0 bridgehead atoms. The Hall–Kier alpha value is -8.64. The van der Waals surface area contributed by atoms with Gasteiger partial charge in [-0.15, -0.1) is 0 Å². The normalized spacial score (nSPS) is 15.2. The Morgan fingerprint density at radius 1 is 0.543 bits per heavy atom. The Morgan fingerprint density at radius 2 is 0.913 bits per heavy atom. The molecule has 2 atom stereocenters. The average molecular weight is 1300 g/mol. The molecule has 6 aromatic rings. The van der Waals surface area contributed by atoms with E-state index < -0.39 is 55.9 Å². The van der Waals surface area contributed by atoms with E-state index in [1.165, 1.54) is 0 Å². The van der Waals surface area contributed by atoms with E-state index in [4.69, 9.17) is 30.4 Å². The summed E-state index contributed by atoms with van der Waals surface area (Å²) in [7, 11) is -8.30. The van der Waals surface area contributed by atoms with Crippen LogP contribution in [0, 0.1) is 41.5 Å². The molecule has 8 rings (SSSR count). The van der Waals surface area contributed by atoms with Crippen LogP contribution in [0.5, 0.6) is 23.0 Å². The number of hydrogen-bond acceptors (Lipinski definition) is 14. The zero-order valence-corrected chi connectivity index (χ0v) is 55.7. The van der Waals surface area contributed by atoms with Crippen LogP contribution in [0.1, 0.15) is 136 Å². The van der Waals surface area contributed by atoms with Crippen LogP contribution >= 0.6 is 0 Å². The van der Waals surface area contributed by atoms with E-state index in [2.05, 4.69) is 30.1 Å². The van der Waals surface area contributed by atoms with E-state index in [-0.39, 0.29) is 111 Å². The third kappa shape index (κ3) is 16.3. The Kier molecular flexibility index (Phi) is 21.8. The molecule has 24 heteroatoms. The number of nitrogens with one attached hydrogen (secondary N) is 4. The van der Waals surface area contributed by atoms with Gasteiger partial charge in [-0.3, -0.25) is 19.6 Å². The average Bonchev–Trinajstić information content (AvgIpc) is 0.765. The van der Waals surface area contributed by atoms with Crippen LogP contribution in [0.4, 0.5) is 0 Å². The molecular weight excluding hydrogens is 1220 g/mol. The molecular formula is C68H86N8O14S2. The molecule has 22 nitrogen and oxygen atoms in total. The number of aliphatic carboxylic acids is 2. The fourth-order valence-electron chi connectivity index (χ4n) is 12.1. The number of carboxylic acids is 2. The van der Waals surface area contributed by atoms with Crippen LogP contribution in [0.15, 0.2) is 92.6 Å². The summed E-state index contributed by atoms with van der Waals surface area (Å²) in [6.07, 6.45) is 3.39. The second-order valence-electron chi connectivity index (χ2n) is 24.9. The first-order valence-corrected chi connectivity index (χ1v) is 34.0. The maximum Gasteiger partial charge on any atom is 0.326 e. The second-order valence-corrected chi connectivity index (χ2v) is 28.2. The molecule has 92 heavy (non-hydrogen) atoms. The smallest absolute Gasteiger partial charge is 0.326 e. The predicted molar refractivity (Wildman–Crippen MR) is 355 cm³/mol. The van der Waals surface area contributed by atoms with Gasteiger partial charge in [0.05, 0.1) is 23.0 Å². The van der Waals surface area contributed by atoms with Crippen molar-refractivity contribution in [1.82, 2.24) is 20.1 Å². The minimum absolute atomic E-state index is 0.00691.